The van der Waals surface area contributed by atoms with Gasteiger partial charge in [0, 0.05) is 11.3 Å². The second-order valence-electron chi connectivity index (χ2n) is 6.35. The number of ether oxygens (including phenoxy) is 2. The van der Waals surface area contributed by atoms with Crippen LogP contribution in [-0.4, -0.2) is 12.5 Å². The quantitative estimate of drug-likeness (QED) is 0.549. The number of nitrogens with one attached hydrogen (secondary N) is 1. The van der Waals surface area contributed by atoms with Crippen LogP contribution in [0.15, 0.2) is 72.8 Å². The van der Waals surface area contributed by atoms with E-state index in [4.69, 9.17) is 15.2 Å². The first kappa shape index (κ1) is 19.3. The monoisotopic (exact) mass is 376 g/mol. The molecule has 3 N–H and O–H groups in total. The van der Waals surface area contributed by atoms with Crippen molar-refractivity contribution >= 4 is 17.3 Å². The molecule has 5 nitrogen and oxygen atoms in total. The predicted octanol–water partition coefficient (Wildman–Crippen LogP) is 4.89. The van der Waals surface area contributed by atoms with E-state index in [2.05, 4.69) is 5.32 Å². The van der Waals surface area contributed by atoms with Crippen molar-refractivity contribution in [2.75, 3.05) is 17.7 Å². The highest BCUT2D eigenvalue weighted by Gasteiger charge is 2.09. The van der Waals surface area contributed by atoms with Gasteiger partial charge in [-0.25, -0.2) is 0 Å². The van der Waals surface area contributed by atoms with Gasteiger partial charge in [0.15, 0.2) is 0 Å². The van der Waals surface area contributed by atoms with Gasteiger partial charge in [0.25, 0.3) is 5.91 Å². The summed E-state index contributed by atoms with van der Waals surface area (Å²) in [6.45, 7) is 3.11. The number of carbonyl (C=O) groups is 1. The summed E-state index contributed by atoms with van der Waals surface area (Å²) in [6.07, 6.45) is 0.896. The summed E-state index contributed by atoms with van der Waals surface area (Å²) in [7, 11) is 0. The standard InChI is InChI=1S/C23H24N2O3/c1-2-14-27-22-13-8-18(15-21(22)24)23(26)25-19-9-11-20(12-10-19)28-16-17-6-4-3-5-7-17/h3-13,15H,2,14,16,24H2,1H3,(H,25,26). The smallest absolute Gasteiger partial charge is 0.255 e. The van der Waals surface area contributed by atoms with Gasteiger partial charge in [-0.15, -0.1) is 0 Å². The highest BCUT2D eigenvalue weighted by molar-refractivity contribution is 6.05. The Balaban J connectivity index is 1.57. The molecule has 0 saturated carbocycles. The van der Waals surface area contributed by atoms with E-state index in [0.717, 1.165) is 17.7 Å². The number of hydrogen-bond acceptors (Lipinski definition) is 4. The molecule has 0 saturated heterocycles. The zero-order valence-corrected chi connectivity index (χ0v) is 15.9. The molecule has 0 fully saturated rings. The van der Waals surface area contributed by atoms with Crippen molar-refractivity contribution in [1.29, 1.82) is 0 Å². The van der Waals surface area contributed by atoms with E-state index in [-0.39, 0.29) is 5.91 Å². The van der Waals surface area contributed by atoms with Crippen LogP contribution >= 0.6 is 0 Å². The molecule has 0 spiro atoms. The number of rotatable bonds is 8. The first-order valence-electron chi connectivity index (χ1n) is 9.26. The largest absolute Gasteiger partial charge is 0.491 e. The van der Waals surface area contributed by atoms with Crippen LogP contribution < -0.4 is 20.5 Å². The van der Waals surface area contributed by atoms with Crippen molar-refractivity contribution in [2.24, 2.45) is 0 Å². The number of anilines is 2. The minimum absolute atomic E-state index is 0.230. The van der Waals surface area contributed by atoms with Crippen molar-refractivity contribution < 1.29 is 14.3 Å². The van der Waals surface area contributed by atoms with Gasteiger partial charge in [0.05, 0.1) is 12.3 Å². The molecule has 0 aliphatic heterocycles. The van der Waals surface area contributed by atoms with Gasteiger partial charge < -0.3 is 20.5 Å². The Morgan fingerprint density at radius 3 is 2.39 bits per heavy atom. The number of amides is 1. The lowest BCUT2D eigenvalue weighted by Gasteiger charge is -2.11. The molecule has 144 valence electrons. The van der Waals surface area contributed by atoms with Crippen LogP contribution in [0.25, 0.3) is 0 Å². The maximum atomic E-state index is 12.4. The van der Waals surface area contributed by atoms with Gasteiger partial charge in [-0.3, -0.25) is 4.79 Å². The summed E-state index contributed by atoms with van der Waals surface area (Å²) < 4.78 is 11.3. The molecule has 0 bridgehead atoms. The molecule has 5 heteroatoms. The van der Waals surface area contributed by atoms with Crippen molar-refractivity contribution in [2.45, 2.75) is 20.0 Å². The van der Waals surface area contributed by atoms with Crippen LogP contribution in [0, 0.1) is 0 Å². The molecule has 0 aliphatic carbocycles. The van der Waals surface area contributed by atoms with E-state index in [0.29, 0.717) is 35.9 Å². The Morgan fingerprint density at radius 2 is 1.71 bits per heavy atom. The van der Waals surface area contributed by atoms with Crippen LogP contribution in [0.3, 0.4) is 0 Å². The van der Waals surface area contributed by atoms with Crippen molar-refractivity contribution in [1.82, 2.24) is 0 Å². The molecular weight excluding hydrogens is 352 g/mol. The number of nitrogen functional groups attached to an aromatic ring is 1. The summed E-state index contributed by atoms with van der Waals surface area (Å²) >= 11 is 0. The van der Waals surface area contributed by atoms with Crippen molar-refractivity contribution in [3.8, 4) is 11.5 Å². The van der Waals surface area contributed by atoms with Gasteiger partial charge in [0.1, 0.15) is 18.1 Å². The number of carbonyl (C=O) groups excluding carboxylic acids is 1. The maximum Gasteiger partial charge on any atom is 0.255 e. The van der Waals surface area contributed by atoms with Gasteiger partial charge in [-0.05, 0) is 54.4 Å². The third-order valence-electron chi connectivity index (χ3n) is 4.09. The molecule has 3 aromatic carbocycles. The minimum Gasteiger partial charge on any atom is -0.491 e. The molecule has 1 amide bonds. The fourth-order valence-electron chi connectivity index (χ4n) is 2.61. The van der Waals surface area contributed by atoms with Crippen LogP contribution in [0.2, 0.25) is 0 Å². The van der Waals surface area contributed by atoms with Crippen LogP contribution in [0.4, 0.5) is 11.4 Å². The van der Waals surface area contributed by atoms with Crippen LogP contribution in [0.1, 0.15) is 29.3 Å². The van der Waals surface area contributed by atoms with Gasteiger partial charge in [-0.2, -0.15) is 0 Å². The summed E-state index contributed by atoms with van der Waals surface area (Å²) in [5, 5.41) is 2.86. The molecule has 3 aromatic rings. The molecule has 3 rings (SSSR count). The average Bonchev–Trinajstić information content (AvgIpc) is 2.73. The Kier molecular flexibility index (Phi) is 6.52. The molecule has 0 aliphatic rings. The van der Waals surface area contributed by atoms with Crippen LogP contribution in [0.5, 0.6) is 11.5 Å². The molecule has 0 atom stereocenters. The molecule has 28 heavy (non-hydrogen) atoms. The summed E-state index contributed by atoms with van der Waals surface area (Å²) in [4.78, 5) is 12.4. The Labute approximate surface area is 165 Å². The van der Waals surface area contributed by atoms with Gasteiger partial charge in [0.2, 0.25) is 0 Å². The fourth-order valence-corrected chi connectivity index (χ4v) is 2.61. The Hall–Kier alpha value is -3.47. The lowest BCUT2D eigenvalue weighted by atomic mass is 10.1. The van der Waals surface area contributed by atoms with Crippen molar-refractivity contribution in [3.63, 3.8) is 0 Å². The van der Waals surface area contributed by atoms with E-state index in [1.807, 2.05) is 49.4 Å². The molecular formula is C23H24N2O3. The van der Waals surface area contributed by atoms with E-state index in [9.17, 15) is 4.79 Å². The normalized spacial score (nSPS) is 10.3. The zero-order valence-electron chi connectivity index (χ0n) is 15.9. The number of hydrogen-bond donors (Lipinski definition) is 2. The Morgan fingerprint density at radius 1 is 0.964 bits per heavy atom. The van der Waals surface area contributed by atoms with Crippen molar-refractivity contribution in [3.05, 3.63) is 83.9 Å². The zero-order chi connectivity index (χ0) is 19.8. The summed E-state index contributed by atoms with van der Waals surface area (Å²) in [6, 6.07) is 22.3. The second-order valence-corrected chi connectivity index (χ2v) is 6.35. The SMILES string of the molecule is CCCOc1ccc(C(=O)Nc2ccc(OCc3ccccc3)cc2)cc1N. The maximum absolute atomic E-state index is 12.4. The highest BCUT2D eigenvalue weighted by atomic mass is 16.5. The second kappa shape index (κ2) is 9.46. The molecule has 0 unspecified atom stereocenters. The summed E-state index contributed by atoms with van der Waals surface area (Å²) in [5.41, 5.74) is 8.68. The van der Waals surface area contributed by atoms with E-state index in [1.54, 1.807) is 30.3 Å². The Bertz CT molecular complexity index is 909. The van der Waals surface area contributed by atoms with Gasteiger partial charge >= 0.3 is 0 Å². The lowest BCUT2D eigenvalue weighted by molar-refractivity contribution is 0.102. The van der Waals surface area contributed by atoms with E-state index >= 15 is 0 Å². The molecule has 0 radical (unpaired) electrons. The third kappa shape index (κ3) is 5.27. The minimum atomic E-state index is -0.230. The predicted molar refractivity (Wildman–Crippen MR) is 112 cm³/mol. The van der Waals surface area contributed by atoms with E-state index < -0.39 is 0 Å². The molecule has 0 heterocycles. The first-order chi connectivity index (χ1) is 13.7. The average molecular weight is 376 g/mol. The lowest BCUT2D eigenvalue weighted by Crippen LogP contribution is -2.12. The fraction of sp³-hybridized carbons (Fsp3) is 0.174. The summed E-state index contributed by atoms with van der Waals surface area (Å²) in [5.74, 6) is 1.11. The number of nitrogens with two attached hydrogens (primary N) is 1. The third-order valence-corrected chi connectivity index (χ3v) is 4.09. The van der Waals surface area contributed by atoms with E-state index in [1.165, 1.54) is 0 Å². The topological polar surface area (TPSA) is 73.6 Å². The molecule has 0 aromatic heterocycles. The highest BCUT2D eigenvalue weighted by Crippen LogP contribution is 2.24. The van der Waals surface area contributed by atoms with Gasteiger partial charge in [-0.1, -0.05) is 37.3 Å². The van der Waals surface area contributed by atoms with Crippen LogP contribution in [-0.2, 0) is 6.61 Å². The number of benzene rings is 3. The first-order valence-corrected chi connectivity index (χ1v) is 9.26.